The van der Waals surface area contributed by atoms with Crippen molar-refractivity contribution in [2.75, 3.05) is 22.6 Å². The molecule has 1 amide bonds. The molecule has 2 heterocycles. The Morgan fingerprint density at radius 3 is 3.06 bits per heavy atom. The van der Waals surface area contributed by atoms with E-state index in [2.05, 4.69) is 15.6 Å². The third-order valence-corrected chi connectivity index (χ3v) is 3.23. The molecular formula is C10H13N3O2S. The van der Waals surface area contributed by atoms with Crippen molar-refractivity contribution < 1.29 is 9.00 Å². The zero-order valence-corrected chi connectivity index (χ0v) is 9.71. The predicted molar refractivity (Wildman–Crippen MR) is 63.8 cm³/mol. The maximum absolute atomic E-state index is 11.7. The van der Waals surface area contributed by atoms with E-state index in [-0.39, 0.29) is 11.9 Å². The molecule has 0 fully saturated rings. The first kappa shape index (κ1) is 11.1. The summed E-state index contributed by atoms with van der Waals surface area (Å²) in [5, 5.41) is 5.89. The minimum absolute atomic E-state index is 0.0917. The number of hydrogen-bond acceptors (Lipinski definition) is 4. The first-order chi connectivity index (χ1) is 7.66. The van der Waals surface area contributed by atoms with Crippen LogP contribution < -0.4 is 10.6 Å². The molecule has 0 saturated carbocycles. The molecule has 2 rings (SSSR count). The van der Waals surface area contributed by atoms with E-state index >= 15 is 0 Å². The van der Waals surface area contributed by atoms with Crippen LogP contribution in [0.5, 0.6) is 0 Å². The smallest absolute Gasteiger partial charge is 0.246 e. The summed E-state index contributed by atoms with van der Waals surface area (Å²) in [6.45, 7) is 0. The largest absolute Gasteiger partial charge is 0.372 e. The number of anilines is 2. The van der Waals surface area contributed by atoms with E-state index in [4.69, 9.17) is 0 Å². The van der Waals surface area contributed by atoms with Gasteiger partial charge in [-0.05, 0) is 12.5 Å². The number of carbonyl (C=O) groups is 1. The Hall–Kier alpha value is -1.43. The van der Waals surface area contributed by atoms with Crippen LogP contribution in [0.4, 0.5) is 11.4 Å². The van der Waals surface area contributed by atoms with Gasteiger partial charge in [-0.15, -0.1) is 0 Å². The fourth-order valence-corrected chi connectivity index (χ4v) is 2.15. The van der Waals surface area contributed by atoms with Crippen LogP contribution in [-0.2, 0) is 15.6 Å². The molecule has 0 bridgehead atoms. The van der Waals surface area contributed by atoms with Crippen LogP contribution >= 0.6 is 0 Å². The minimum atomic E-state index is -0.872. The molecule has 0 spiro atoms. The van der Waals surface area contributed by atoms with Gasteiger partial charge in [-0.1, -0.05) is 0 Å². The molecule has 1 aromatic rings. The van der Waals surface area contributed by atoms with Gasteiger partial charge in [-0.3, -0.25) is 14.0 Å². The zero-order chi connectivity index (χ0) is 11.5. The molecule has 5 nitrogen and oxygen atoms in total. The van der Waals surface area contributed by atoms with E-state index in [1.807, 2.05) is 6.07 Å². The second-order valence-electron chi connectivity index (χ2n) is 3.67. The molecule has 0 aromatic carbocycles. The van der Waals surface area contributed by atoms with E-state index in [0.29, 0.717) is 17.9 Å². The lowest BCUT2D eigenvalue weighted by Gasteiger charge is -2.26. The molecule has 1 aromatic heterocycles. The summed E-state index contributed by atoms with van der Waals surface area (Å²) in [5.41, 5.74) is 1.56. The maximum Gasteiger partial charge on any atom is 0.246 e. The summed E-state index contributed by atoms with van der Waals surface area (Å²) in [4.78, 5) is 15.6. The Balaban J connectivity index is 2.09. The van der Waals surface area contributed by atoms with Crippen molar-refractivity contribution >= 4 is 28.1 Å². The summed E-state index contributed by atoms with van der Waals surface area (Å²) in [6, 6.07) is 1.50. The molecule has 2 N–H and O–H groups in total. The zero-order valence-electron chi connectivity index (χ0n) is 8.90. The summed E-state index contributed by atoms with van der Waals surface area (Å²) in [5.74, 6) is 0.428. The summed E-state index contributed by atoms with van der Waals surface area (Å²) in [6.07, 6.45) is 5.47. The standard InChI is InChI=1S/C10H13N3O2S/c1-16(15)5-3-8-10(14)13-9-6-11-4-2-7(9)12-8/h2,4,6,8,12H,3,5H2,1H3,(H,13,14). The summed E-state index contributed by atoms with van der Waals surface area (Å²) < 4.78 is 11.0. The third kappa shape index (κ3) is 2.38. The van der Waals surface area contributed by atoms with Gasteiger partial charge in [0, 0.05) is 29.0 Å². The number of fused-ring (bicyclic) bond motifs is 1. The van der Waals surface area contributed by atoms with Crippen molar-refractivity contribution in [3.63, 3.8) is 0 Å². The molecule has 6 heteroatoms. The summed E-state index contributed by atoms with van der Waals surface area (Å²) in [7, 11) is -0.872. The van der Waals surface area contributed by atoms with Crippen molar-refractivity contribution in [3.8, 4) is 0 Å². The van der Waals surface area contributed by atoms with E-state index in [9.17, 15) is 9.00 Å². The molecule has 0 radical (unpaired) electrons. The number of pyridine rings is 1. The van der Waals surface area contributed by atoms with E-state index in [0.717, 1.165) is 5.69 Å². The van der Waals surface area contributed by atoms with Crippen molar-refractivity contribution in [1.82, 2.24) is 4.98 Å². The quantitative estimate of drug-likeness (QED) is 0.809. The first-order valence-electron chi connectivity index (χ1n) is 4.98. The number of aromatic nitrogens is 1. The van der Waals surface area contributed by atoms with Gasteiger partial charge in [-0.2, -0.15) is 0 Å². The normalized spacial score (nSPS) is 20.6. The van der Waals surface area contributed by atoms with Crippen molar-refractivity contribution in [1.29, 1.82) is 0 Å². The highest BCUT2D eigenvalue weighted by molar-refractivity contribution is 7.84. The monoisotopic (exact) mass is 239 g/mol. The van der Waals surface area contributed by atoms with Crippen LogP contribution in [0, 0.1) is 0 Å². The number of carbonyl (C=O) groups excluding carboxylic acids is 1. The molecule has 1 aliphatic rings. The number of rotatable bonds is 3. The van der Waals surface area contributed by atoms with Gasteiger partial charge < -0.3 is 10.6 Å². The van der Waals surface area contributed by atoms with Gasteiger partial charge in [0.1, 0.15) is 6.04 Å². The molecule has 86 valence electrons. The van der Waals surface area contributed by atoms with Crippen LogP contribution in [0.1, 0.15) is 6.42 Å². The first-order valence-corrected chi connectivity index (χ1v) is 6.71. The highest BCUT2D eigenvalue weighted by Gasteiger charge is 2.24. The summed E-state index contributed by atoms with van der Waals surface area (Å²) >= 11 is 0. The fourth-order valence-electron chi connectivity index (χ4n) is 1.58. The lowest BCUT2D eigenvalue weighted by molar-refractivity contribution is -0.117. The van der Waals surface area contributed by atoms with Crippen molar-refractivity contribution in [2.45, 2.75) is 12.5 Å². The van der Waals surface area contributed by atoms with Gasteiger partial charge in [0.05, 0.1) is 17.6 Å². The fraction of sp³-hybridized carbons (Fsp3) is 0.400. The molecule has 2 unspecified atom stereocenters. The van der Waals surface area contributed by atoms with Crippen molar-refractivity contribution in [3.05, 3.63) is 18.5 Å². The molecule has 16 heavy (non-hydrogen) atoms. The predicted octanol–water partition coefficient (Wildman–Crippen LogP) is 0.583. The maximum atomic E-state index is 11.7. The topological polar surface area (TPSA) is 71.1 Å². The highest BCUT2D eigenvalue weighted by Crippen LogP contribution is 2.25. The van der Waals surface area contributed by atoms with E-state index < -0.39 is 10.8 Å². The molecule has 1 aliphatic heterocycles. The lowest BCUT2D eigenvalue weighted by atomic mass is 10.1. The van der Waals surface area contributed by atoms with Crippen molar-refractivity contribution in [2.24, 2.45) is 0 Å². The van der Waals surface area contributed by atoms with Gasteiger partial charge in [0.2, 0.25) is 5.91 Å². The van der Waals surface area contributed by atoms with Crippen LogP contribution in [0.2, 0.25) is 0 Å². The van der Waals surface area contributed by atoms with E-state index in [1.165, 1.54) is 0 Å². The third-order valence-electron chi connectivity index (χ3n) is 2.42. The van der Waals surface area contributed by atoms with Crippen LogP contribution in [-0.4, -0.2) is 33.2 Å². The molecular weight excluding hydrogens is 226 g/mol. The van der Waals surface area contributed by atoms with Gasteiger partial charge >= 0.3 is 0 Å². The molecule has 2 atom stereocenters. The minimum Gasteiger partial charge on any atom is -0.372 e. The van der Waals surface area contributed by atoms with Crippen LogP contribution in [0.15, 0.2) is 18.5 Å². The van der Waals surface area contributed by atoms with Gasteiger partial charge in [-0.25, -0.2) is 0 Å². The SMILES string of the molecule is CS(=O)CCC1Nc2ccncc2NC1=O. The van der Waals surface area contributed by atoms with Crippen LogP contribution in [0.3, 0.4) is 0 Å². The Morgan fingerprint density at radius 1 is 1.50 bits per heavy atom. The Kier molecular flexibility index (Phi) is 3.19. The molecule has 0 aliphatic carbocycles. The second kappa shape index (κ2) is 4.61. The van der Waals surface area contributed by atoms with E-state index in [1.54, 1.807) is 18.6 Å². The Bertz CT molecular complexity index is 436. The van der Waals surface area contributed by atoms with Gasteiger partial charge in [0.15, 0.2) is 0 Å². The second-order valence-corrected chi connectivity index (χ2v) is 5.23. The number of nitrogens with one attached hydrogen (secondary N) is 2. The number of nitrogens with zero attached hydrogens (tertiary/aromatic N) is 1. The van der Waals surface area contributed by atoms with Crippen LogP contribution in [0.25, 0.3) is 0 Å². The number of amides is 1. The number of hydrogen-bond donors (Lipinski definition) is 2. The Morgan fingerprint density at radius 2 is 2.31 bits per heavy atom. The Labute approximate surface area is 96.1 Å². The molecule has 0 saturated heterocycles. The highest BCUT2D eigenvalue weighted by atomic mass is 32.2. The average Bonchev–Trinajstić information content (AvgIpc) is 2.26. The average molecular weight is 239 g/mol. The van der Waals surface area contributed by atoms with Gasteiger partial charge in [0.25, 0.3) is 0 Å². The lowest BCUT2D eigenvalue weighted by Crippen LogP contribution is -2.39.